The van der Waals surface area contributed by atoms with Crippen LogP contribution in [0.15, 0.2) is 0 Å². The zero-order valence-corrected chi connectivity index (χ0v) is 11.0. The van der Waals surface area contributed by atoms with Crippen molar-refractivity contribution in [1.82, 2.24) is 10.4 Å². The Hall–Kier alpha value is -1.10. The van der Waals surface area contributed by atoms with E-state index in [0.29, 0.717) is 19.0 Å². The van der Waals surface area contributed by atoms with E-state index in [1.807, 2.05) is 4.90 Å². The fraction of sp³-hybridized carbons (Fsp3) is 0.846. The lowest BCUT2D eigenvalue weighted by Gasteiger charge is -2.27. The molecule has 2 amide bonds. The van der Waals surface area contributed by atoms with Crippen molar-refractivity contribution in [2.45, 2.75) is 51.0 Å². The summed E-state index contributed by atoms with van der Waals surface area (Å²) in [6, 6.07) is 0.348. The van der Waals surface area contributed by atoms with Crippen molar-refractivity contribution in [2.75, 3.05) is 13.7 Å². The summed E-state index contributed by atoms with van der Waals surface area (Å²) in [7, 11) is 1.41. The van der Waals surface area contributed by atoms with Gasteiger partial charge in [0, 0.05) is 19.0 Å². The first-order valence-corrected chi connectivity index (χ1v) is 6.84. The smallest absolute Gasteiger partial charge is 0.248 e. The second-order valence-electron chi connectivity index (χ2n) is 5.26. The number of nitrogens with one attached hydrogen (secondary N) is 1. The molecule has 2 fully saturated rings. The quantitative estimate of drug-likeness (QED) is 0.609. The highest BCUT2D eigenvalue weighted by molar-refractivity contribution is 5.88. The minimum absolute atomic E-state index is 0.123. The molecule has 1 N–H and O–H groups in total. The highest BCUT2D eigenvalue weighted by atomic mass is 16.6. The molecular formula is C13H22N2O3. The number of hydrogen-bond donors (Lipinski definition) is 1. The van der Waals surface area contributed by atoms with Crippen molar-refractivity contribution >= 4 is 11.8 Å². The van der Waals surface area contributed by atoms with E-state index in [-0.39, 0.29) is 17.7 Å². The van der Waals surface area contributed by atoms with Gasteiger partial charge in [0.15, 0.2) is 0 Å². The molecule has 1 saturated heterocycles. The van der Waals surface area contributed by atoms with Crippen LogP contribution in [0.1, 0.15) is 44.9 Å². The summed E-state index contributed by atoms with van der Waals surface area (Å²) in [5.74, 6) is -0.305. The summed E-state index contributed by atoms with van der Waals surface area (Å²) in [6.07, 6.45) is 7.44. The van der Waals surface area contributed by atoms with E-state index in [0.717, 1.165) is 12.8 Å². The number of hydroxylamine groups is 1. The molecule has 18 heavy (non-hydrogen) atoms. The first-order valence-electron chi connectivity index (χ1n) is 6.84. The summed E-state index contributed by atoms with van der Waals surface area (Å²) in [5.41, 5.74) is 2.33. The topological polar surface area (TPSA) is 58.6 Å². The molecule has 5 heteroatoms. The Balaban J connectivity index is 1.93. The lowest BCUT2D eigenvalue weighted by Crippen LogP contribution is -2.38. The number of hydrogen-bond acceptors (Lipinski definition) is 3. The Morgan fingerprint density at radius 3 is 2.56 bits per heavy atom. The van der Waals surface area contributed by atoms with Gasteiger partial charge in [-0.05, 0) is 12.8 Å². The van der Waals surface area contributed by atoms with Crippen molar-refractivity contribution in [2.24, 2.45) is 5.92 Å². The van der Waals surface area contributed by atoms with Gasteiger partial charge in [0.2, 0.25) is 11.8 Å². The minimum Gasteiger partial charge on any atom is -0.339 e. The molecule has 0 aromatic heterocycles. The van der Waals surface area contributed by atoms with E-state index in [2.05, 4.69) is 10.3 Å². The van der Waals surface area contributed by atoms with E-state index in [4.69, 9.17) is 0 Å². The van der Waals surface area contributed by atoms with Gasteiger partial charge in [-0.15, -0.1) is 0 Å². The average molecular weight is 254 g/mol. The molecular weight excluding hydrogens is 232 g/mol. The van der Waals surface area contributed by atoms with E-state index in [9.17, 15) is 9.59 Å². The van der Waals surface area contributed by atoms with E-state index >= 15 is 0 Å². The zero-order valence-electron chi connectivity index (χ0n) is 11.0. The van der Waals surface area contributed by atoms with Gasteiger partial charge in [-0.2, -0.15) is 0 Å². The second-order valence-corrected chi connectivity index (χ2v) is 5.26. The highest BCUT2D eigenvalue weighted by Crippen LogP contribution is 2.28. The number of amides is 2. The van der Waals surface area contributed by atoms with Crippen LogP contribution in [-0.2, 0) is 14.4 Å². The minimum atomic E-state index is -0.249. The molecule has 0 unspecified atom stereocenters. The van der Waals surface area contributed by atoms with Gasteiger partial charge < -0.3 is 4.90 Å². The Kier molecular flexibility index (Phi) is 4.58. The summed E-state index contributed by atoms with van der Waals surface area (Å²) in [4.78, 5) is 30.2. The monoisotopic (exact) mass is 254 g/mol. The number of likely N-dealkylation sites (tertiary alicyclic amines) is 1. The summed E-state index contributed by atoms with van der Waals surface area (Å²) < 4.78 is 0. The number of carbonyl (C=O) groups is 2. The Labute approximate surface area is 108 Å². The Morgan fingerprint density at radius 1 is 1.28 bits per heavy atom. The molecule has 1 saturated carbocycles. The SMILES string of the molecule is CONC(=O)[C@@H]1CC(=O)N(C2CCCCCC2)C1. The number of rotatable bonds is 3. The molecule has 1 aliphatic heterocycles. The second kappa shape index (κ2) is 6.18. The van der Waals surface area contributed by atoms with Gasteiger partial charge in [0.05, 0.1) is 13.0 Å². The molecule has 2 rings (SSSR count). The van der Waals surface area contributed by atoms with Crippen molar-refractivity contribution in [1.29, 1.82) is 0 Å². The van der Waals surface area contributed by atoms with Gasteiger partial charge >= 0.3 is 0 Å². The Bertz CT molecular complexity index is 311. The van der Waals surface area contributed by atoms with Crippen LogP contribution in [0, 0.1) is 5.92 Å². The third-order valence-electron chi connectivity index (χ3n) is 4.00. The first-order chi connectivity index (χ1) is 8.72. The predicted molar refractivity (Wildman–Crippen MR) is 66.5 cm³/mol. The molecule has 0 spiro atoms. The molecule has 0 aromatic carbocycles. The summed E-state index contributed by atoms with van der Waals surface area (Å²) in [6.45, 7) is 0.554. The fourth-order valence-corrected chi connectivity index (χ4v) is 3.01. The average Bonchev–Trinajstić information content (AvgIpc) is 2.58. The molecule has 102 valence electrons. The molecule has 1 heterocycles. The predicted octanol–water partition coefficient (Wildman–Crippen LogP) is 1.24. The molecule has 2 aliphatic rings. The number of nitrogens with zero attached hydrogens (tertiary/aromatic N) is 1. The van der Waals surface area contributed by atoms with Crippen LogP contribution in [0.25, 0.3) is 0 Å². The van der Waals surface area contributed by atoms with Crippen molar-refractivity contribution in [3.63, 3.8) is 0 Å². The number of carbonyl (C=O) groups excluding carboxylic acids is 2. The first kappa shape index (κ1) is 13.3. The maximum absolute atomic E-state index is 12.0. The lowest BCUT2D eigenvalue weighted by molar-refractivity contribution is -0.135. The third kappa shape index (κ3) is 3.02. The van der Waals surface area contributed by atoms with E-state index in [1.54, 1.807) is 0 Å². The van der Waals surface area contributed by atoms with Crippen molar-refractivity contribution < 1.29 is 14.4 Å². The Morgan fingerprint density at radius 2 is 1.94 bits per heavy atom. The summed E-state index contributed by atoms with van der Waals surface area (Å²) >= 11 is 0. The van der Waals surface area contributed by atoms with Crippen LogP contribution < -0.4 is 5.48 Å². The molecule has 1 atom stereocenters. The van der Waals surface area contributed by atoms with Gasteiger partial charge in [-0.1, -0.05) is 25.7 Å². The summed E-state index contributed by atoms with van der Waals surface area (Å²) in [5, 5.41) is 0. The van der Waals surface area contributed by atoms with Crippen LogP contribution in [0.3, 0.4) is 0 Å². The molecule has 5 nitrogen and oxygen atoms in total. The largest absolute Gasteiger partial charge is 0.339 e. The van der Waals surface area contributed by atoms with Gasteiger partial charge in [0.1, 0.15) is 0 Å². The van der Waals surface area contributed by atoms with Crippen LogP contribution in [0.5, 0.6) is 0 Å². The molecule has 0 bridgehead atoms. The maximum Gasteiger partial charge on any atom is 0.248 e. The molecule has 0 radical (unpaired) electrons. The van der Waals surface area contributed by atoms with Crippen molar-refractivity contribution in [3.8, 4) is 0 Å². The van der Waals surface area contributed by atoms with Gasteiger partial charge in [-0.25, -0.2) is 5.48 Å². The van der Waals surface area contributed by atoms with Crippen LogP contribution in [0.2, 0.25) is 0 Å². The van der Waals surface area contributed by atoms with Crippen LogP contribution in [0.4, 0.5) is 0 Å². The zero-order chi connectivity index (χ0) is 13.0. The van der Waals surface area contributed by atoms with E-state index < -0.39 is 0 Å². The standard InChI is InChI=1S/C13H22N2O3/c1-18-14-13(17)10-8-12(16)15(9-10)11-6-4-2-3-5-7-11/h10-11H,2-9H2,1H3,(H,14,17)/t10-/m1/s1. The third-order valence-corrected chi connectivity index (χ3v) is 4.00. The van der Waals surface area contributed by atoms with Gasteiger partial charge in [-0.3, -0.25) is 14.4 Å². The van der Waals surface area contributed by atoms with Crippen molar-refractivity contribution in [3.05, 3.63) is 0 Å². The fourth-order valence-electron chi connectivity index (χ4n) is 3.01. The van der Waals surface area contributed by atoms with Gasteiger partial charge in [0.25, 0.3) is 0 Å². The maximum atomic E-state index is 12.0. The normalized spacial score (nSPS) is 26.2. The van der Waals surface area contributed by atoms with E-state index in [1.165, 1.54) is 32.8 Å². The van der Waals surface area contributed by atoms with Crippen LogP contribution in [-0.4, -0.2) is 36.4 Å². The molecule has 0 aromatic rings. The van der Waals surface area contributed by atoms with Crippen LogP contribution >= 0.6 is 0 Å². The highest BCUT2D eigenvalue weighted by Gasteiger charge is 2.37. The molecule has 1 aliphatic carbocycles. The lowest BCUT2D eigenvalue weighted by atomic mass is 10.1.